The molecule has 3 rings (SSSR count). The minimum absolute atomic E-state index is 0.0243. The summed E-state index contributed by atoms with van der Waals surface area (Å²) in [5, 5.41) is 21.6. The van der Waals surface area contributed by atoms with Crippen molar-refractivity contribution in [3.8, 4) is 28.5 Å². The summed E-state index contributed by atoms with van der Waals surface area (Å²) in [6.45, 7) is 1.77. The van der Waals surface area contributed by atoms with Gasteiger partial charge in [0.1, 0.15) is 17.5 Å². The van der Waals surface area contributed by atoms with Crippen LogP contribution in [-0.4, -0.2) is 9.91 Å². The van der Waals surface area contributed by atoms with Gasteiger partial charge in [-0.1, -0.05) is 35.9 Å². The lowest BCUT2D eigenvalue weighted by atomic mass is 9.92. The number of benzene rings is 2. The van der Waals surface area contributed by atoms with Crippen molar-refractivity contribution in [1.82, 2.24) is 4.98 Å². The van der Waals surface area contributed by atoms with Crippen molar-refractivity contribution in [3.05, 3.63) is 74.8 Å². The summed E-state index contributed by atoms with van der Waals surface area (Å²) >= 11 is 5.94. The van der Waals surface area contributed by atoms with Crippen LogP contribution >= 0.6 is 11.6 Å². The SMILES string of the molecule is Cc1c(-c2ccc(Cl)cc2)nc(N)c(C#N)c1-c1ccccc1[N+](=O)[O-]. The van der Waals surface area contributed by atoms with E-state index in [1.54, 1.807) is 49.4 Å². The molecule has 0 amide bonds. The lowest BCUT2D eigenvalue weighted by Gasteiger charge is -2.15. The van der Waals surface area contributed by atoms with Gasteiger partial charge in [0.25, 0.3) is 5.69 Å². The van der Waals surface area contributed by atoms with E-state index in [0.29, 0.717) is 27.4 Å². The molecule has 0 bridgehead atoms. The van der Waals surface area contributed by atoms with E-state index < -0.39 is 4.92 Å². The maximum atomic E-state index is 11.4. The number of hydrogen-bond acceptors (Lipinski definition) is 5. The second-order valence-electron chi connectivity index (χ2n) is 5.61. The molecule has 0 unspecified atom stereocenters. The maximum Gasteiger partial charge on any atom is 0.277 e. The van der Waals surface area contributed by atoms with Gasteiger partial charge in [-0.3, -0.25) is 10.1 Å². The van der Waals surface area contributed by atoms with Crippen LogP contribution in [0.4, 0.5) is 11.5 Å². The molecule has 128 valence electrons. The third-order valence-corrected chi connectivity index (χ3v) is 4.32. The number of halogens is 1. The van der Waals surface area contributed by atoms with Gasteiger partial charge in [-0.15, -0.1) is 0 Å². The Morgan fingerprint density at radius 1 is 1.19 bits per heavy atom. The molecule has 0 saturated carbocycles. The lowest BCUT2D eigenvalue weighted by Crippen LogP contribution is -2.04. The molecule has 0 fully saturated rings. The summed E-state index contributed by atoms with van der Waals surface area (Å²) in [7, 11) is 0. The average molecular weight is 365 g/mol. The Hall–Kier alpha value is -3.43. The van der Waals surface area contributed by atoms with Gasteiger partial charge in [-0.05, 0) is 30.7 Å². The quantitative estimate of drug-likeness (QED) is 0.533. The van der Waals surface area contributed by atoms with Crippen LogP contribution in [0, 0.1) is 28.4 Å². The molecule has 3 aromatic rings. The fourth-order valence-electron chi connectivity index (χ4n) is 2.88. The van der Waals surface area contributed by atoms with Crippen molar-refractivity contribution in [2.75, 3.05) is 5.73 Å². The maximum absolute atomic E-state index is 11.4. The van der Waals surface area contributed by atoms with E-state index in [9.17, 15) is 15.4 Å². The number of anilines is 1. The average Bonchev–Trinajstić information content (AvgIpc) is 2.63. The van der Waals surface area contributed by atoms with E-state index in [-0.39, 0.29) is 17.1 Å². The fourth-order valence-corrected chi connectivity index (χ4v) is 3.00. The predicted octanol–water partition coefficient (Wildman–Crippen LogP) is 4.74. The molecule has 0 radical (unpaired) electrons. The van der Waals surface area contributed by atoms with Crippen LogP contribution in [0.2, 0.25) is 5.02 Å². The number of para-hydroxylation sites is 1. The largest absolute Gasteiger partial charge is 0.383 e. The summed E-state index contributed by atoms with van der Waals surface area (Å²) in [6, 6.07) is 15.3. The number of aromatic nitrogens is 1. The molecule has 0 aliphatic rings. The van der Waals surface area contributed by atoms with E-state index in [1.807, 2.05) is 6.07 Å². The molecule has 0 aliphatic heterocycles. The Bertz CT molecular complexity index is 1060. The topological polar surface area (TPSA) is 106 Å². The van der Waals surface area contributed by atoms with Crippen LogP contribution in [0.5, 0.6) is 0 Å². The first-order valence-corrected chi connectivity index (χ1v) is 8.01. The summed E-state index contributed by atoms with van der Waals surface area (Å²) in [5.41, 5.74) is 8.70. The molecule has 0 spiro atoms. The summed E-state index contributed by atoms with van der Waals surface area (Å²) in [4.78, 5) is 15.3. The van der Waals surface area contributed by atoms with E-state index in [2.05, 4.69) is 4.98 Å². The summed E-state index contributed by atoms with van der Waals surface area (Å²) in [6.07, 6.45) is 0. The second-order valence-corrected chi connectivity index (χ2v) is 6.05. The standard InChI is InChI=1S/C19H13ClN4O2/c1-11-17(14-4-2-3-5-16(14)24(25)26)15(10-21)19(22)23-18(11)12-6-8-13(20)9-7-12/h2-9H,1H3,(H2,22,23). The van der Waals surface area contributed by atoms with Gasteiger partial charge in [0.2, 0.25) is 0 Å². The van der Waals surface area contributed by atoms with Gasteiger partial charge < -0.3 is 5.73 Å². The van der Waals surface area contributed by atoms with Gasteiger partial charge in [-0.25, -0.2) is 4.98 Å². The summed E-state index contributed by atoms with van der Waals surface area (Å²) in [5.74, 6) is 0.0243. The second kappa shape index (κ2) is 6.82. The predicted molar refractivity (Wildman–Crippen MR) is 101 cm³/mol. The van der Waals surface area contributed by atoms with Gasteiger partial charge in [0.05, 0.1) is 16.2 Å². The smallest absolute Gasteiger partial charge is 0.277 e. The van der Waals surface area contributed by atoms with Gasteiger partial charge in [0, 0.05) is 22.2 Å². The fraction of sp³-hybridized carbons (Fsp3) is 0.0526. The highest BCUT2D eigenvalue weighted by atomic mass is 35.5. The van der Waals surface area contributed by atoms with Crippen molar-refractivity contribution in [2.24, 2.45) is 0 Å². The minimum Gasteiger partial charge on any atom is -0.383 e. The number of nitrogens with two attached hydrogens (primary N) is 1. The molecular formula is C19H13ClN4O2. The zero-order valence-corrected chi connectivity index (χ0v) is 14.5. The molecule has 26 heavy (non-hydrogen) atoms. The first-order valence-electron chi connectivity index (χ1n) is 7.64. The zero-order valence-electron chi connectivity index (χ0n) is 13.7. The van der Waals surface area contributed by atoms with Crippen molar-refractivity contribution >= 4 is 23.1 Å². The molecule has 7 heteroatoms. The van der Waals surface area contributed by atoms with Gasteiger partial charge in [0.15, 0.2) is 0 Å². The number of nitro benzene ring substituents is 1. The van der Waals surface area contributed by atoms with E-state index in [0.717, 1.165) is 5.56 Å². The molecule has 0 saturated heterocycles. The van der Waals surface area contributed by atoms with Crippen molar-refractivity contribution in [2.45, 2.75) is 6.92 Å². The first kappa shape index (κ1) is 17.4. The number of nitro groups is 1. The van der Waals surface area contributed by atoms with Crippen LogP contribution in [0.15, 0.2) is 48.5 Å². The van der Waals surface area contributed by atoms with Crippen LogP contribution in [0.1, 0.15) is 11.1 Å². The molecular weight excluding hydrogens is 352 g/mol. The molecule has 0 atom stereocenters. The molecule has 6 nitrogen and oxygen atoms in total. The van der Waals surface area contributed by atoms with Crippen LogP contribution in [-0.2, 0) is 0 Å². The zero-order chi connectivity index (χ0) is 18.8. The lowest BCUT2D eigenvalue weighted by molar-refractivity contribution is -0.384. The Kier molecular flexibility index (Phi) is 4.57. The van der Waals surface area contributed by atoms with E-state index in [1.165, 1.54) is 6.07 Å². The van der Waals surface area contributed by atoms with Crippen LogP contribution in [0.25, 0.3) is 22.4 Å². The van der Waals surface area contributed by atoms with Crippen LogP contribution in [0.3, 0.4) is 0 Å². The first-order chi connectivity index (χ1) is 12.4. The Morgan fingerprint density at radius 3 is 2.46 bits per heavy atom. The Labute approximate surface area is 154 Å². The van der Waals surface area contributed by atoms with Crippen molar-refractivity contribution in [1.29, 1.82) is 5.26 Å². The number of nitriles is 1. The van der Waals surface area contributed by atoms with Crippen molar-refractivity contribution < 1.29 is 4.92 Å². The molecule has 0 aliphatic carbocycles. The molecule has 2 N–H and O–H groups in total. The highest BCUT2D eigenvalue weighted by Crippen LogP contribution is 2.39. The van der Waals surface area contributed by atoms with Gasteiger partial charge >= 0.3 is 0 Å². The third-order valence-electron chi connectivity index (χ3n) is 4.07. The Morgan fingerprint density at radius 2 is 1.85 bits per heavy atom. The number of pyridine rings is 1. The highest BCUT2D eigenvalue weighted by Gasteiger charge is 2.23. The Balaban J connectivity index is 2.37. The minimum atomic E-state index is -0.478. The normalized spacial score (nSPS) is 10.3. The molecule has 1 aromatic heterocycles. The van der Waals surface area contributed by atoms with Gasteiger partial charge in [-0.2, -0.15) is 5.26 Å². The third kappa shape index (κ3) is 2.96. The number of hydrogen-bond donors (Lipinski definition) is 1. The monoisotopic (exact) mass is 364 g/mol. The van der Waals surface area contributed by atoms with E-state index >= 15 is 0 Å². The van der Waals surface area contributed by atoms with E-state index in [4.69, 9.17) is 17.3 Å². The molecule has 2 aromatic carbocycles. The number of rotatable bonds is 3. The summed E-state index contributed by atoms with van der Waals surface area (Å²) < 4.78 is 0. The number of nitrogens with zero attached hydrogens (tertiary/aromatic N) is 3. The van der Waals surface area contributed by atoms with Crippen LogP contribution < -0.4 is 5.73 Å². The molecule has 1 heterocycles. The van der Waals surface area contributed by atoms with Crippen molar-refractivity contribution in [3.63, 3.8) is 0 Å². The number of nitrogen functional groups attached to an aromatic ring is 1. The highest BCUT2D eigenvalue weighted by molar-refractivity contribution is 6.30.